The first-order valence-corrected chi connectivity index (χ1v) is 12.6. The maximum absolute atomic E-state index is 13.8. The Balaban J connectivity index is 1.45. The first-order valence-electron chi connectivity index (χ1n) is 11.1. The Bertz CT molecular complexity index is 1360. The Morgan fingerprint density at radius 3 is 2.46 bits per heavy atom. The van der Waals surface area contributed by atoms with Gasteiger partial charge in [0.1, 0.15) is 17.3 Å². The minimum Gasteiger partial charge on any atom is -0.355 e. The third-order valence-electron chi connectivity index (χ3n) is 5.95. The van der Waals surface area contributed by atoms with E-state index in [9.17, 15) is 22.0 Å². The number of amides is 1. The van der Waals surface area contributed by atoms with E-state index in [2.05, 4.69) is 10.5 Å². The van der Waals surface area contributed by atoms with Crippen molar-refractivity contribution in [1.82, 2.24) is 9.46 Å². The summed E-state index contributed by atoms with van der Waals surface area (Å²) in [4.78, 5) is 12.6. The molecule has 7 nitrogen and oxygen atoms in total. The molecule has 184 valence electrons. The molecule has 2 heterocycles. The van der Waals surface area contributed by atoms with Crippen LogP contribution in [0.5, 0.6) is 0 Å². The summed E-state index contributed by atoms with van der Waals surface area (Å²) in [6, 6.07) is 10.5. The van der Waals surface area contributed by atoms with E-state index in [-0.39, 0.29) is 48.0 Å². The van der Waals surface area contributed by atoms with Crippen molar-refractivity contribution in [2.75, 3.05) is 18.4 Å². The van der Waals surface area contributed by atoms with Crippen LogP contribution in [0.3, 0.4) is 0 Å². The maximum atomic E-state index is 13.8. The normalized spacial score (nSPS) is 15.5. The average molecular weight is 502 g/mol. The number of hydrogen-bond donors (Lipinski definition) is 1. The van der Waals surface area contributed by atoms with Crippen molar-refractivity contribution in [2.45, 2.75) is 31.6 Å². The Kier molecular flexibility index (Phi) is 7.13. The van der Waals surface area contributed by atoms with Crippen molar-refractivity contribution in [3.63, 3.8) is 0 Å². The van der Waals surface area contributed by atoms with Crippen LogP contribution in [-0.4, -0.2) is 36.9 Å². The zero-order valence-corrected chi connectivity index (χ0v) is 20.1. The second-order valence-corrected chi connectivity index (χ2v) is 10.4. The molecule has 0 aliphatic carbocycles. The summed E-state index contributed by atoms with van der Waals surface area (Å²) >= 11 is 0. The fourth-order valence-electron chi connectivity index (χ4n) is 3.96. The monoisotopic (exact) mass is 501 g/mol. The molecule has 0 spiro atoms. The lowest BCUT2D eigenvalue weighted by Crippen LogP contribution is -2.41. The lowest BCUT2D eigenvalue weighted by atomic mass is 9.97. The van der Waals surface area contributed by atoms with Crippen LogP contribution in [0, 0.1) is 31.4 Å². The summed E-state index contributed by atoms with van der Waals surface area (Å²) in [5, 5.41) is 6.25. The number of sulfonamides is 1. The third-order valence-corrected chi connectivity index (χ3v) is 8.00. The van der Waals surface area contributed by atoms with E-state index in [1.54, 1.807) is 19.1 Å². The SMILES string of the molecule is Cc1ccc(C=Cc2onc(C)c2S(=O)(=O)N2CCC(C(=O)Nc3cc(F)ccc3F)CC2)cc1. The van der Waals surface area contributed by atoms with Gasteiger partial charge in [-0.05, 0) is 50.5 Å². The minimum atomic E-state index is -3.93. The van der Waals surface area contributed by atoms with E-state index in [0.717, 1.165) is 29.3 Å². The number of aromatic nitrogens is 1. The van der Waals surface area contributed by atoms with E-state index in [0.29, 0.717) is 0 Å². The Morgan fingerprint density at radius 2 is 1.77 bits per heavy atom. The van der Waals surface area contributed by atoms with Crippen LogP contribution in [0.2, 0.25) is 0 Å². The minimum absolute atomic E-state index is 0.00871. The number of aryl methyl sites for hydroxylation is 2. The van der Waals surface area contributed by atoms with Crippen molar-refractivity contribution in [2.24, 2.45) is 5.92 Å². The van der Waals surface area contributed by atoms with Gasteiger partial charge in [0, 0.05) is 25.1 Å². The third kappa shape index (κ3) is 5.49. The molecule has 0 radical (unpaired) electrons. The molecule has 0 saturated carbocycles. The number of piperidine rings is 1. The van der Waals surface area contributed by atoms with Crippen molar-refractivity contribution < 1.29 is 26.5 Å². The zero-order chi connectivity index (χ0) is 25.2. The van der Waals surface area contributed by atoms with Crippen molar-refractivity contribution >= 4 is 33.8 Å². The molecule has 1 aliphatic heterocycles. The first-order chi connectivity index (χ1) is 16.6. The predicted octanol–water partition coefficient (Wildman–Crippen LogP) is 4.78. The predicted molar refractivity (Wildman–Crippen MR) is 128 cm³/mol. The van der Waals surface area contributed by atoms with Crippen molar-refractivity contribution in [1.29, 1.82) is 0 Å². The summed E-state index contributed by atoms with van der Waals surface area (Å²) in [5.74, 6) is -2.29. The molecule has 0 bridgehead atoms. The van der Waals surface area contributed by atoms with Crippen LogP contribution in [-0.2, 0) is 14.8 Å². The molecule has 1 aliphatic rings. The van der Waals surface area contributed by atoms with E-state index in [1.807, 2.05) is 31.2 Å². The molecule has 4 rings (SSSR count). The quantitative estimate of drug-likeness (QED) is 0.525. The van der Waals surface area contributed by atoms with Gasteiger partial charge in [-0.2, -0.15) is 4.31 Å². The molecule has 1 amide bonds. The molecule has 1 N–H and O–H groups in total. The number of nitrogens with zero attached hydrogens (tertiary/aromatic N) is 2. The number of benzene rings is 2. The summed E-state index contributed by atoms with van der Waals surface area (Å²) in [5.41, 5.74) is 2.00. The van der Waals surface area contributed by atoms with Crippen LogP contribution in [0.1, 0.15) is 35.4 Å². The van der Waals surface area contributed by atoms with Gasteiger partial charge >= 0.3 is 0 Å². The molecule has 0 atom stereocenters. The Labute approximate surface area is 202 Å². The summed E-state index contributed by atoms with van der Waals surface area (Å²) < 4.78 is 60.6. The summed E-state index contributed by atoms with van der Waals surface area (Å²) in [6.07, 6.45) is 3.80. The van der Waals surface area contributed by atoms with Crippen molar-refractivity contribution in [3.05, 3.63) is 76.7 Å². The molecule has 3 aromatic rings. The Morgan fingerprint density at radius 1 is 1.09 bits per heavy atom. The second-order valence-electron chi connectivity index (χ2n) is 8.50. The van der Waals surface area contributed by atoms with Gasteiger partial charge in [-0.15, -0.1) is 0 Å². The number of halogens is 2. The van der Waals surface area contributed by atoms with Gasteiger partial charge in [0.25, 0.3) is 0 Å². The maximum Gasteiger partial charge on any atom is 0.248 e. The van der Waals surface area contributed by atoms with Gasteiger partial charge in [-0.3, -0.25) is 4.79 Å². The number of nitrogens with one attached hydrogen (secondary N) is 1. The van der Waals surface area contributed by atoms with Crippen LogP contribution in [0.25, 0.3) is 12.2 Å². The first kappa shape index (κ1) is 24.7. The molecule has 1 saturated heterocycles. The van der Waals surface area contributed by atoms with Crippen LogP contribution in [0.15, 0.2) is 51.9 Å². The van der Waals surface area contributed by atoms with Gasteiger partial charge < -0.3 is 9.84 Å². The van der Waals surface area contributed by atoms with Gasteiger partial charge in [0.2, 0.25) is 15.9 Å². The van der Waals surface area contributed by atoms with Crippen LogP contribution >= 0.6 is 0 Å². The van der Waals surface area contributed by atoms with E-state index < -0.39 is 33.5 Å². The molecule has 0 unspecified atom stereocenters. The number of carbonyl (C=O) groups excluding carboxylic acids is 1. The largest absolute Gasteiger partial charge is 0.355 e. The molecule has 10 heteroatoms. The molecular formula is C25H25F2N3O4S. The number of carbonyl (C=O) groups is 1. The molecule has 35 heavy (non-hydrogen) atoms. The highest BCUT2D eigenvalue weighted by Crippen LogP contribution is 2.30. The average Bonchev–Trinajstić information content (AvgIpc) is 3.22. The highest BCUT2D eigenvalue weighted by molar-refractivity contribution is 7.89. The standard InChI is InChI=1S/C25H25F2N3O4S/c1-16-3-5-18(6-4-16)7-10-23-24(17(2)29-34-23)35(32,33)30-13-11-19(12-14-30)25(31)28-22-15-20(26)8-9-21(22)27/h3-10,15,19H,11-14H2,1-2H3,(H,28,31). The lowest BCUT2D eigenvalue weighted by Gasteiger charge is -2.30. The van der Waals surface area contributed by atoms with Gasteiger partial charge in [-0.25, -0.2) is 17.2 Å². The molecule has 1 aromatic heterocycles. The smallest absolute Gasteiger partial charge is 0.248 e. The zero-order valence-electron chi connectivity index (χ0n) is 19.3. The summed E-state index contributed by atoms with van der Waals surface area (Å²) in [7, 11) is -3.93. The fraction of sp³-hybridized carbons (Fsp3) is 0.280. The van der Waals surface area contributed by atoms with Gasteiger partial charge in [-0.1, -0.05) is 41.1 Å². The van der Waals surface area contributed by atoms with E-state index in [4.69, 9.17) is 4.52 Å². The molecular weight excluding hydrogens is 476 g/mol. The Hall–Kier alpha value is -3.37. The van der Waals surface area contributed by atoms with E-state index >= 15 is 0 Å². The molecule has 2 aromatic carbocycles. The highest BCUT2D eigenvalue weighted by Gasteiger charge is 2.36. The molecule has 1 fully saturated rings. The van der Waals surface area contributed by atoms with Crippen molar-refractivity contribution in [3.8, 4) is 0 Å². The van der Waals surface area contributed by atoms with E-state index in [1.165, 1.54) is 4.31 Å². The fourth-order valence-corrected chi connectivity index (χ4v) is 5.68. The summed E-state index contributed by atoms with van der Waals surface area (Å²) in [6.45, 7) is 3.73. The second kappa shape index (κ2) is 10.1. The van der Waals surface area contributed by atoms with Crippen LogP contribution < -0.4 is 5.32 Å². The lowest BCUT2D eigenvalue weighted by molar-refractivity contribution is -0.120. The van der Waals surface area contributed by atoms with Gasteiger partial charge in [0.15, 0.2) is 10.7 Å². The topological polar surface area (TPSA) is 92.5 Å². The number of hydrogen-bond acceptors (Lipinski definition) is 5. The highest BCUT2D eigenvalue weighted by atomic mass is 32.2. The van der Waals surface area contributed by atoms with Crippen LogP contribution in [0.4, 0.5) is 14.5 Å². The van der Waals surface area contributed by atoms with Gasteiger partial charge in [0.05, 0.1) is 5.69 Å². The number of anilines is 1. The number of rotatable bonds is 6.